The molecule has 1 atom stereocenters. The number of hydrogen-bond acceptors (Lipinski definition) is 1. The SMILES string of the molecule is C=CCOC1C=C(C)CC(C)(C)C1. The van der Waals surface area contributed by atoms with Crippen molar-refractivity contribution in [2.75, 3.05) is 6.61 Å². The molecule has 0 aromatic carbocycles. The summed E-state index contributed by atoms with van der Waals surface area (Å²) in [4.78, 5) is 0. The van der Waals surface area contributed by atoms with Crippen LogP contribution >= 0.6 is 0 Å². The molecule has 0 amide bonds. The van der Waals surface area contributed by atoms with Gasteiger partial charge in [-0.15, -0.1) is 6.58 Å². The van der Waals surface area contributed by atoms with Crippen LogP contribution in [0.15, 0.2) is 24.3 Å². The van der Waals surface area contributed by atoms with Crippen LogP contribution in [-0.2, 0) is 4.74 Å². The van der Waals surface area contributed by atoms with E-state index in [-0.39, 0.29) is 0 Å². The zero-order valence-corrected chi connectivity index (χ0v) is 8.97. The van der Waals surface area contributed by atoms with Gasteiger partial charge in [0.1, 0.15) is 0 Å². The first kappa shape index (κ1) is 10.5. The van der Waals surface area contributed by atoms with Crippen LogP contribution in [0.4, 0.5) is 0 Å². The molecule has 1 unspecified atom stereocenters. The molecule has 1 nitrogen and oxygen atoms in total. The van der Waals surface area contributed by atoms with Gasteiger partial charge in [0, 0.05) is 0 Å². The topological polar surface area (TPSA) is 9.23 Å². The van der Waals surface area contributed by atoms with Crippen LogP contribution < -0.4 is 0 Å². The van der Waals surface area contributed by atoms with Gasteiger partial charge in [-0.05, 0) is 25.2 Å². The zero-order chi connectivity index (χ0) is 9.90. The summed E-state index contributed by atoms with van der Waals surface area (Å²) in [5, 5.41) is 0. The zero-order valence-electron chi connectivity index (χ0n) is 8.97. The molecule has 0 fully saturated rings. The lowest BCUT2D eigenvalue weighted by molar-refractivity contribution is 0.0635. The van der Waals surface area contributed by atoms with E-state index in [4.69, 9.17) is 4.74 Å². The van der Waals surface area contributed by atoms with Gasteiger partial charge in [-0.25, -0.2) is 0 Å². The molecule has 0 bridgehead atoms. The average Bonchev–Trinajstić information content (AvgIpc) is 1.97. The Hall–Kier alpha value is -0.560. The monoisotopic (exact) mass is 180 g/mol. The predicted molar refractivity (Wildman–Crippen MR) is 56.7 cm³/mol. The van der Waals surface area contributed by atoms with Crippen molar-refractivity contribution < 1.29 is 4.74 Å². The van der Waals surface area contributed by atoms with Crippen LogP contribution in [-0.4, -0.2) is 12.7 Å². The highest BCUT2D eigenvalue weighted by molar-refractivity contribution is 5.10. The second-order valence-electron chi connectivity index (χ2n) is 4.72. The molecule has 0 saturated heterocycles. The average molecular weight is 180 g/mol. The second-order valence-corrected chi connectivity index (χ2v) is 4.72. The molecular formula is C12H20O. The standard InChI is InChI=1S/C12H20O/c1-5-6-13-11-7-10(2)8-12(3,4)9-11/h5,7,11H,1,6,8-9H2,2-4H3. The van der Waals surface area contributed by atoms with Crippen LogP contribution in [0.25, 0.3) is 0 Å². The molecule has 1 aliphatic rings. The Bertz CT molecular complexity index is 213. The second kappa shape index (κ2) is 4.10. The lowest BCUT2D eigenvalue weighted by atomic mass is 9.76. The van der Waals surface area contributed by atoms with Crippen molar-refractivity contribution in [1.82, 2.24) is 0 Å². The molecule has 0 saturated carbocycles. The maximum Gasteiger partial charge on any atom is 0.0767 e. The number of rotatable bonds is 3. The van der Waals surface area contributed by atoms with Gasteiger partial charge in [0.05, 0.1) is 12.7 Å². The summed E-state index contributed by atoms with van der Waals surface area (Å²) in [5.74, 6) is 0. The van der Waals surface area contributed by atoms with Gasteiger partial charge in [0.2, 0.25) is 0 Å². The van der Waals surface area contributed by atoms with E-state index in [0.717, 1.165) is 6.42 Å². The van der Waals surface area contributed by atoms with Crippen molar-refractivity contribution in [3.8, 4) is 0 Å². The third-order valence-electron chi connectivity index (χ3n) is 2.41. The first-order valence-corrected chi connectivity index (χ1v) is 4.93. The van der Waals surface area contributed by atoms with Gasteiger partial charge >= 0.3 is 0 Å². The molecule has 1 rings (SSSR count). The van der Waals surface area contributed by atoms with Crippen LogP contribution in [0.1, 0.15) is 33.6 Å². The molecule has 0 N–H and O–H groups in total. The van der Waals surface area contributed by atoms with Gasteiger partial charge in [-0.1, -0.05) is 31.6 Å². The number of hydrogen-bond donors (Lipinski definition) is 0. The lowest BCUT2D eigenvalue weighted by Crippen LogP contribution is -2.26. The smallest absolute Gasteiger partial charge is 0.0767 e. The summed E-state index contributed by atoms with van der Waals surface area (Å²) in [5.41, 5.74) is 1.84. The molecule has 0 aliphatic heterocycles. The van der Waals surface area contributed by atoms with E-state index in [9.17, 15) is 0 Å². The molecule has 0 spiro atoms. The fourth-order valence-corrected chi connectivity index (χ4v) is 2.11. The first-order valence-electron chi connectivity index (χ1n) is 4.93. The van der Waals surface area contributed by atoms with Crippen molar-refractivity contribution in [1.29, 1.82) is 0 Å². The van der Waals surface area contributed by atoms with Crippen LogP contribution in [0.3, 0.4) is 0 Å². The van der Waals surface area contributed by atoms with E-state index >= 15 is 0 Å². The van der Waals surface area contributed by atoms with E-state index in [0.29, 0.717) is 18.1 Å². The van der Waals surface area contributed by atoms with Gasteiger partial charge < -0.3 is 4.74 Å². The highest BCUT2D eigenvalue weighted by atomic mass is 16.5. The van der Waals surface area contributed by atoms with E-state index in [1.807, 2.05) is 6.08 Å². The van der Waals surface area contributed by atoms with E-state index in [1.165, 1.54) is 12.0 Å². The van der Waals surface area contributed by atoms with Crippen LogP contribution in [0, 0.1) is 5.41 Å². The molecular weight excluding hydrogens is 160 g/mol. The third kappa shape index (κ3) is 3.35. The van der Waals surface area contributed by atoms with E-state index in [1.54, 1.807) is 0 Å². The van der Waals surface area contributed by atoms with Gasteiger partial charge in [0.15, 0.2) is 0 Å². The molecule has 1 heteroatoms. The molecule has 13 heavy (non-hydrogen) atoms. The highest BCUT2D eigenvalue weighted by Gasteiger charge is 2.27. The van der Waals surface area contributed by atoms with Gasteiger partial charge in [0.25, 0.3) is 0 Å². The minimum absolute atomic E-state index is 0.293. The maximum absolute atomic E-state index is 5.64. The third-order valence-corrected chi connectivity index (χ3v) is 2.41. The Morgan fingerprint density at radius 1 is 1.69 bits per heavy atom. The number of ether oxygens (including phenoxy) is 1. The first-order chi connectivity index (χ1) is 6.03. The van der Waals surface area contributed by atoms with Crippen molar-refractivity contribution in [2.24, 2.45) is 5.41 Å². The van der Waals surface area contributed by atoms with Crippen molar-refractivity contribution in [3.63, 3.8) is 0 Å². The molecule has 0 aromatic rings. The van der Waals surface area contributed by atoms with Crippen LogP contribution in [0.2, 0.25) is 0 Å². The Kier molecular flexibility index (Phi) is 3.32. The normalized spacial score (nSPS) is 26.7. The van der Waals surface area contributed by atoms with Crippen molar-refractivity contribution >= 4 is 0 Å². The summed E-state index contributed by atoms with van der Waals surface area (Å²) in [6.45, 7) is 11.1. The summed E-state index contributed by atoms with van der Waals surface area (Å²) >= 11 is 0. The summed E-state index contributed by atoms with van der Waals surface area (Å²) in [7, 11) is 0. The minimum Gasteiger partial charge on any atom is -0.370 e. The fourth-order valence-electron chi connectivity index (χ4n) is 2.11. The van der Waals surface area contributed by atoms with Gasteiger partial charge in [-0.3, -0.25) is 0 Å². The fraction of sp³-hybridized carbons (Fsp3) is 0.667. The van der Waals surface area contributed by atoms with Gasteiger partial charge in [-0.2, -0.15) is 0 Å². The molecule has 0 radical (unpaired) electrons. The molecule has 0 heterocycles. The number of allylic oxidation sites excluding steroid dienone is 1. The quantitative estimate of drug-likeness (QED) is 0.605. The van der Waals surface area contributed by atoms with E-state index in [2.05, 4.69) is 33.4 Å². The summed E-state index contributed by atoms with van der Waals surface area (Å²) in [6, 6.07) is 0. The lowest BCUT2D eigenvalue weighted by Gasteiger charge is -2.33. The Morgan fingerprint density at radius 2 is 2.38 bits per heavy atom. The Balaban J connectivity index is 2.56. The predicted octanol–water partition coefficient (Wildman–Crippen LogP) is 3.32. The van der Waals surface area contributed by atoms with Crippen molar-refractivity contribution in [2.45, 2.75) is 39.7 Å². The Morgan fingerprint density at radius 3 is 2.92 bits per heavy atom. The highest BCUT2D eigenvalue weighted by Crippen LogP contribution is 2.36. The molecule has 1 aliphatic carbocycles. The maximum atomic E-state index is 5.64. The Labute approximate surface area is 81.5 Å². The molecule has 74 valence electrons. The summed E-state index contributed by atoms with van der Waals surface area (Å²) < 4.78 is 5.64. The minimum atomic E-state index is 0.293. The van der Waals surface area contributed by atoms with Crippen molar-refractivity contribution in [3.05, 3.63) is 24.3 Å². The van der Waals surface area contributed by atoms with Crippen LogP contribution in [0.5, 0.6) is 0 Å². The molecule has 0 aromatic heterocycles. The largest absolute Gasteiger partial charge is 0.370 e. The van der Waals surface area contributed by atoms with E-state index < -0.39 is 0 Å². The summed E-state index contributed by atoms with van der Waals surface area (Å²) in [6.07, 6.45) is 6.67.